The van der Waals surface area contributed by atoms with Crippen LogP contribution in [0.5, 0.6) is 11.5 Å². The van der Waals surface area contributed by atoms with Crippen molar-refractivity contribution in [3.8, 4) is 11.5 Å². The lowest BCUT2D eigenvalue weighted by molar-refractivity contribution is -0.134. The normalized spacial score (nSPS) is 22.3. The molecule has 1 saturated heterocycles. The van der Waals surface area contributed by atoms with Gasteiger partial charge in [-0.05, 0) is 24.6 Å². The summed E-state index contributed by atoms with van der Waals surface area (Å²) in [6.45, 7) is 1.52. The third-order valence-corrected chi connectivity index (χ3v) is 3.92. The predicted octanol–water partition coefficient (Wildman–Crippen LogP) is 0.0143. The molecule has 0 unspecified atom stereocenters. The lowest BCUT2D eigenvalue weighted by Gasteiger charge is -2.21. The fraction of sp³-hybridized carbons (Fsp3) is 0.400. The molecule has 2 N–H and O–H groups in total. The maximum Gasteiger partial charge on any atom is 0.325 e. The van der Waals surface area contributed by atoms with Gasteiger partial charge in [-0.25, -0.2) is 4.79 Å². The highest BCUT2D eigenvalue weighted by molar-refractivity contribution is 6.08. The fourth-order valence-electron chi connectivity index (χ4n) is 2.69. The number of hydrogen-bond acceptors (Lipinski definition) is 5. The van der Waals surface area contributed by atoms with E-state index in [1.807, 2.05) is 6.07 Å². The van der Waals surface area contributed by atoms with Crippen LogP contribution in [-0.4, -0.2) is 48.7 Å². The molecule has 2 heterocycles. The molecule has 1 fully saturated rings. The number of hydrogen-bond donors (Lipinski definition) is 2. The van der Waals surface area contributed by atoms with E-state index in [0.29, 0.717) is 17.9 Å². The van der Waals surface area contributed by atoms with Crippen molar-refractivity contribution in [2.24, 2.45) is 0 Å². The lowest BCUT2D eigenvalue weighted by atomic mass is 9.92. The van der Waals surface area contributed by atoms with Gasteiger partial charge < -0.3 is 20.1 Å². The van der Waals surface area contributed by atoms with Crippen molar-refractivity contribution in [1.29, 1.82) is 0 Å². The van der Waals surface area contributed by atoms with Crippen molar-refractivity contribution in [3.05, 3.63) is 23.8 Å². The van der Waals surface area contributed by atoms with Gasteiger partial charge in [0, 0.05) is 13.5 Å². The summed E-state index contributed by atoms with van der Waals surface area (Å²) in [5.74, 6) is 0.441. The number of ether oxygens (including phenoxy) is 2. The maximum absolute atomic E-state index is 12.5. The van der Waals surface area contributed by atoms with Gasteiger partial charge in [-0.15, -0.1) is 0 Å². The first kappa shape index (κ1) is 15.1. The molecule has 2 aliphatic rings. The Balaban J connectivity index is 1.78. The molecule has 0 spiro atoms. The number of urea groups is 1. The largest absolute Gasteiger partial charge is 0.454 e. The number of carbonyl (C=O) groups excluding carboxylic acids is 3. The van der Waals surface area contributed by atoms with E-state index in [0.717, 1.165) is 10.5 Å². The summed E-state index contributed by atoms with van der Waals surface area (Å²) in [4.78, 5) is 36.9. The summed E-state index contributed by atoms with van der Waals surface area (Å²) >= 11 is 0. The van der Waals surface area contributed by atoms with Crippen LogP contribution in [0.25, 0.3) is 0 Å². The van der Waals surface area contributed by atoms with Gasteiger partial charge >= 0.3 is 6.03 Å². The van der Waals surface area contributed by atoms with E-state index in [-0.39, 0.29) is 13.3 Å². The van der Waals surface area contributed by atoms with Gasteiger partial charge in [-0.1, -0.05) is 6.07 Å². The molecule has 4 amide bonds. The van der Waals surface area contributed by atoms with E-state index in [1.54, 1.807) is 19.1 Å². The number of nitrogens with zero attached hydrogens (tertiary/aromatic N) is 1. The standard InChI is InChI=1S/C15H17N3O5/c1-15(6-9-3-4-10-11(5-9)23-8-22-10)13(20)18(14(21)17-15)7-12(19)16-2/h3-5H,6-8H2,1-2H3,(H,16,19)(H,17,21)/t15-/m0/s1. The Morgan fingerprint density at radius 1 is 1.35 bits per heavy atom. The number of amides is 4. The van der Waals surface area contributed by atoms with Gasteiger partial charge in [0.05, 0.1) is 0 Å². The molecule has 1 atom stereocenters. The molecular weight excluding hydrogens is 302 g/mol. The zero-order valence-electron chi connectivity index (χ0n) is 12.8. The Morgan fingerprint density at radius 3 is 2.83 bits per heavy atom. The molecule has 8 heteroatoms. The number of carbonyl (C=O) groups is 3. The van der Waals surface area contributed by atoms with Gasteiger partial charge in [0.2, 0.25) is 12.7 Å². The second-order valence-corrected chi connectivity index (χ2v) is 5.69. The summed E-state index contributed by atoms with van der Waals surface area (Å²) in [5.41, 5.74) is -0.272. The zero-order valence-corrected chi connectivity index (χ0v) is 12.8. The number of benzene rings is 1. The molecule has 0 saturated carbocycles. The van der Waals surface area contributed by atoms with Crippen molar-refractivity contribution in [3.63, 3.8) is 0 Å². The maximum atomic E-state index is 12.5. The first-order chi connectivity index (χ1) is 10.9. The van der Waals surface area contributed by atoms with E-state index in [4.69, 9.17) is 9.47 Å². The summed E-state index contributed by atoms with van der Waals surface area (Å²) in [5, 5.41) is 5.06. The van der Waals surface area contributed by atoms with E-state index >= 15 is 0 Å². The van der Waals surface area contributed by atoms with Crippen LogP contribution in [0.15, 0.2) is 18.2 Å². The van der Waals surface area contributed by atoms with Crippen molar-refractivity contribution >= 4 is 17.8 Å². The van der Waals surface area contributed by atoms with E-state index < -0.39 is 23.4 Å². The number of fused-ring (bicyclic) bond motifs is 1. The third kappa shape index (κ3) is 2.67. The van der Waals surface area contributed by atoms with Crippen LogP contribution >= 0.6 is 0 Å². The number of rotatable bonds is 4. The molecule has 8 nitrogen and oxygen atoms in total. The molecule has 0 radical (unpaired) electrons. The van der Waals surface area contributed by atoms with Crippen LogP contribution in [0.1, 0.15) is 12.5 Å². The molecule has 1 aromatic carbocycles. The first-order valence-corrected chi connectivity index (χ1v) is 7.16. The second-order valence-electron chi connectivity index (χ2n) is 5.69. The molecule has 0 aromatic heterocycles. The zero-order chi connectivity index (χ0) is 16.6. The number of imide groups is 1. The van der Waals surface area contributed by atoms with Gasteiger partial charge in [-0.2, -0.15) is 0 Å². The van der Waals surface area contributed by atoms with Crippen LogP contribution in [-0.2, 0) is 16.0 Å². The molecule has 122 valence electrons. The first-order valence-electron chi connectivity index (χ1n) is 7.16. The van der Waals surface area contributed by atoms with Crippen molar-refractivity contribution in [2.45, 2.75) is 18.9 Å². The predicted molar refractivity (Wildman–Crippen MR) is 79.0 cm³/mol. The van der Waals surface area contributed by atoms with Gasteiger partial charge in [0.15, 0.2) is 11.5 Å². The Kier molecular flexibility index (Phi) is 3.59. The topological polar surface area (TPSA) is 97.0 Å². The average Bonchev–Trinajstić information content (AvgIpc) is 3.05. The second kappa shape index (κ2) is 5.45. The molecular formula is C15H17N3O5. The minimum Gasteiger partial charge on any atom is -0.454 e. The highest BCUT2D eigenvalue weighted by atomic mass is 16.7. The lowest BCUT2D eigenvalue weighted by Crippen LogP contribution is -2.46. The van der Waals surface area contributed by atoms with E-state index in [1.165, 1.54) is 7.05 Å². The fourth-order valence-corrected chi connectivity index (χ4v) is 2.69. The van der Waals surface area contributed by atoms with Crippen molar-refractivity contribution in [1.82, 2.24) is 15.5 Å². The molecule has 0 bridgehead atoms. The van der Waals surface area contributed by atoms with Gasteiger partial charge in [-0.3, -0.25) is 14.5 Å². The number of likely N-dealkylation sites (N-methyl/N-ethyl adjacent to an activating group) is 1. The van der Waals surface area contributed by atoms with E-state index in [9.17, 15) is 14.4 Å². The minimum absolute atomic E-state index is 0.172. The quantitative estimate of drug-likeness (QED) is 0.762. The summed E-state index contributed by atoms with van der Waals surface area (Å²) in [7, 11) is 1.45. The van der Waals surface area contributed by atoms with Crippen molar-refractivity contribution in [2.75, 3.05) is 20.4 Å². The van der Waals surface area contributed by atoms with Crippen LogP contribution in [0.2, 0.25) is 0 Å². The SMILES string of the molecule is CNC(=O)CN1C(=O)N[C@@](C)(Cc2ccc3c(c2)OCO3)C1=O. The monoisotopic (exact) mass is 319 g/mol. The molecule has 0 aliphatic carbocycles. The Labute approximate surface area is 132 Å². The molecule has 1 aromatic rings. The third-order valence-electron chi connectivity index (χ3n) is 3.92. The summed E-state index contributed by atoms with van der Waals surface area (Å²) < 4.78 is 10.6. The smallest absolute Gasteiger partial charge is 0.325 e. The van der Waals surface area contributed by atoms with Crippen LogP contribution in [0.4, 0.5) is 4.79 Å². The highest BCUT2D eigenvalue weighted by Crippen LogP contribution is 2.34. The van der Waals surface area contributed by atoms with Gasteiger partial charge in [0.1, 0.15) is 12.1 Å². The minimum atomic E-state index is -1.10. The molecule has 3 rings (SSSR count). The number of nitrogens with one attached hydrogen (secondary N) is 2. The van der Waals surface area contributed by atoms with Crippen LogP contribution < -0.4 is 20.1 Å². The Bertz CT molecular complexity index is 690. The van der Waals surface area contributed by atoms with E-state index in [2.05, 4.69) is 10.6 Å². The van der Waals surface area contributed by atoms with Gasteiger partial charge in [0.25, 0.3) is 5.91 Å². The molecule has 2 aliphatic heterocycles. The van der Waals surface area contributed by atoms with Crippen molar-refractivity contribution < 1.29 is 23.9 Å². The van der Waals surface area contributed by atoms with Crippen LogP contribution in [0, 0.1) is 0 Å². The van der Waals surface area contributed by atoms with Crippen LogP contribution in [0.3, 0.4) is 0 Å². The molecule has 23 heavy (non-hydrogen) atoms. The highest BCUT2D eigenvalue weighted by Gasteiger charge is 2.48. The Hall–Kier alpha value is -2.77. The average molecular weight is 319 g/mol. The summed E-state index contributed by atoms with van der Waals surface area (Å²) in [6, 6.07) is 4.81. The Morgan fingerprint density at radius 2 is 2.09 bits per heavy atom. The summed E-state index contributed by atoms with van der Waals surface area (Å²) in [6.07, 6.45) is 0.290.